The molecule has 0 aliphatic heterocycles. The highest BCUT2D eigenvalue weighted by atomic mass is 35.5. The number of rotatable bonds is 3. The fraction of sp³-hybridized carbons (Fsp3) is 0.300. The third-order valence-electron chi connectivity index (χ3n) is 1.89. The number of amides is 1. The lowest BCUT2D eigenvalue weighted by atomic mass is 10.2. The van der Waals surface area contributed by atoms with E-state index in [1.165, 1.54) is 6.07 Å². The second-order valence-electron chi connectivity index (χ2n) is 3.14. The van der Waals surface area contributed by atoms with E-state index in [0.29, 0.717) is 0 Å². The maximum Gasteiger partial charge on any atom is 0.228 e. The van der Waals surface area contributed by atoms with E-state index in [2.05, 4.69) is 5.32 Å². The van der Waals surface area contributed by atoms with E-state index in [9.17, 15) is 13.6 Å². The van der Waals surface area contributed by atoms with Crippen molar-refractivity contribution in [1.29, 1.82) is 0 Å². The van der Waals surface area contributed by atoms with Gasteiger partial charge in [-0.05, 0) is 12.1 Å². The quantitative estimate of drug-likeness (QED) is 0.800. The van der Waals surface area contributed by atoms with Crippen LogP contribution in [0.3, 0.4) is 0 Å². The Morgan fingerprint density at radius 1 is 1.47 bits per heavy atom. The molecular weight excluding hydrogens is 224 g/mol. The Bertz CT molecular complexity index is 350. The number of benzene rings is 1. The molecule has 1 N–H and O–H groups in total. The summed E-state index contributed by atoms with van der Waals surface area (Å²) in [6, 6.07) is 3.37. The first-order chi connectivity index (χ1) is 7.06. The molecule has 5 heteroatoms. The number of para-hydroxylation sites is 1. The van der Waals surface area contributed by atoms with Gasteiger partial charge >= 0.3 is 0 Å². The van der Waals surface area contributed by atoms with Gasteiger partial charge in [-0.15, -0.1) is 11.6 Å². The number of anilines is 1. The number of hydrogen-bond acceptors (Lipinski definition) is 1. The van der Waals surface area contributed by atoms with Gasteiger partial charge in [-0.25, -0.2) is 8.78 Å². The molecule has 1 aromatic carbocycles. The first kappa shape index (κ1) is 11.9. The molecule has 0 fully saturated rings. The zero-order chi connectivity index (χ0) is 11.4. The van der Waals surface area contributed by atoms with Crippen LogP contribution in [0, 0.1) is 17.6 Å². The molecule has 0 saturated heterocycles. The molecule has 1 atom stereocenters. The van der Waals surface area contributed by atoms with E-state index in [1.54, 1.807) is 6.92 Å². The zero-order valence-electron chi connectivity index (χ0n) is 8.06. The highest BCUT2D eigenvalue weighted by Crippen LogP contribution is 2.18. The summed E-state index contributed by atoms with van der Waals surface area (Å²) in [5.41, 5.74) is -0.431. The molecule has 82 valence electrons. The van der Waals surface area contributed by atoms with Crippen LogP contribution in [0.5, 0.6) is 0 Å². The van der Waals surface area contributed by atoms with Crippen LogP contribution in [-0.4, -0.2) is 11.8 Å². The van der Waals surface area contributed by atoms with Gasteiger partial charge in [-0.3, -0.25) is 4.79 Å². The van der Waals surface area contributed by atoms with Crippen molar-refractivity contribution in [3.63, 3.8) is 0 Å². The lowest BCUT2D eigenvalue weighted by Crippen LogP contribution is -2.22. The van der Waals surface area contributed by atoms with Crippen molar-refractivity contribution in [2.75, 3.05) is 11.2 Å². The van der Waals surface area contributed by atoms with Gasteiger partial charge < -0.3 is 5.32 Å². The first-order valence-corrected chi connectivity index (χ1v) is 4.90. The Balaban J connectivity index is 2.85. The topological polar surface area (TPSA) is 29.1 Å². The SMILES string of the molecule is CC(CCl)C(=O)Nc1c(F)cccc1F. The minimum absolute atomic E-state index is 0.0991. The van der Waals surface area contributed by atoms with Gasteiger partial charge in [0.1, 0.15) is 17.3 Å². The molecule has 2 nitrogen and oxygen atoms in total. The van der Waals surface area contributed by atoms with Gasteiger partial charge in [0.25, 0.3) is 0 Å². The monoisotopic (exact) mass is 233 g/mol. The van der Waals surface area contributed by atoms with Gasteiger partial charge in [0.05, 0.1) is 0 Å². The number of alkyl halides is 1. The summed E-state index contributed by atoms with van der Waals surface area (Å²) in [6.07, 6.45) is 0. The van der Waals surface area contributed by atoms with Crippen molar-refractivity contribution in [3.8, 4) is 0 Å². The summed E-state index contributed by atoms with van der Waals surface area (Å²) in [4.78, 5) is 11.3. The standard InChI is InChI=1S/C10H10ClF2NO/c1-6(5-11)10(15)14-9-7(12)3-2-4-8(9)13/h2-4,6H,5H2,1H3,(H,14,15). The number of nitrogens with one attached hydrogen (secondary N) is 1. The molecule has 0 aromatic heterocycles. The van der Waals surface area contributed by atoms with Crippen LogP contribution in [-0.2, 0) is 4.79 Å². The molecule has 0 saturated carbocycles. The van der Waals surface area contributed by atoms with Crippen LogP contribution >= 0.6 is 11.6 Å². The van der Waals surface area contributed by atoms with Crippen LogP contribution in [0.1, 0.15) is 6.92 Å². The fourth-order valence-electron chi connectivity index (χ4n) is 0.934. The first-order valence-electron chi connectivity index (χ1n) is 4.37. The van der Waals surface area contributed by atoms with E-state index >= 15 is 0 Å². The molecule has 0 heterocycles. The number of halogens is 3. The predicted octanol–water partition coefficient (Wildman–Crippen LogP) is 2.78. The van der Waals surface area contributed by atoms with Crippen molar-refractivity contribution < 1.29 is 13.6 Å². The van der Waals surface area contributed by atoms with Gasteiger partial charge in [0.2, 0.25) is 5.91 Å². The molecule has 0 aliphatic carbocycles. The Morgan fingerprint density at radius 3 is 2.47 bits per heavy atom. The van der Waals surface area contributed by atoms with Crippen LogP contribution < -0.4 is 5.32 Å². The normalized spacial score (nSPS) is 12.3. The minimum atomic E-state index is -0.801. The molecule has 1 unspecified atom stereocenters. The van der Waals surface area contributed by atoms with Crippen molar-refractivity contribution in [1.82, 2.24) is 0 Å². The molecule has 15 heavy (non-hydrogen) atoms. The van der Waals surface area contributed by atoms with Crippen LogP contribution in [0.15, 0.2) is 18.2 Å². The number of carbonyl (C=O) groups excluding carboxylic acids is 1. The lowest BCUT2D eigenvalue weighted by molar-refractivity contribution is -0.118. The smallest absolute Gasteiger partial charge is 0.228 e. The summed E-state index contributed by atoms with van der Waals surface area (Å²) in [7, 11) is 0. The van der Waals surface area contributed by atoms with Gasteiger partial charge in [-0.2, -0.15) is 0 Å². The summed E-state index contributed by atoms with van der Waals surface area (Å²) < 4.78 is 26.2. The summed E-state index contributed by atoms with van der Waals surface area (Å²) in [5.74, 6) is -2.50. The van der Waals surface area contributed by atoms with Gasteiger partial charge in [-0.1, -0.05) is 13.0 Å². The lowest BCUT2D eigenvalue weighted by Gasteiger charge is -2.10. The molecule has 0 bridgehead atoms. The van der Waals surface area contributed by atoms with E-state index in [0.717, 1.165) is 12.1 Å². The van der Waals surface area contributed by atoms with Gasteiger partial charge in [0, 0.05) is 11.8 Å². The van der Waals surface area contributed by atoms with Crippen molar-refractivity contribution >= 4 is 23.2 Å². The Labute approximate surface area is 91.2 Å². The third-order valence-corrected chi connectivity index (χ3v) is 2.35. The predicted molar refractivity (Wildman–Crippen MR) is 54.9 cm³/mol. The molecule has 0 radical (unpaired) electrons. The largest absolute Gasteiger partial charge is 0.321 e. The molecule has 1 rings (SSSR count). The maximum atomic E-state index is 13.1. The molecule has 0 spiro atoms. The summed E-state index contributed by atoms with van der Waals surface area (Å²) in [5, 5.41) is 2.16. The van der Waals surface area contributed by atoms with E-state index in [4.69, 9.17) is 11.6 Å². The highest BCUT2D eigenvalue weighted by Gasteiger charge is 2.16. The second-order valence-corrected chi connectivity index (χ2v) is 3.45. The molecule has 1 amide bonds. The number of hydrogen-bond donors (Lipinski definition) is 1. The molecule has 1 aromatic rings. The third kappa shape index (κ3) is 2.89. The highest BCUT2D eigenvalue weighted by molar-refractivity contribution is 6.19. The van der Waals surface area contributed by atoms with E-state index in [-0.39, 0.29) is 5.88 Å². The van der Waals surface area contributed by atoms with Crippen LogP contribution in [0.2, 0.25) is 0 Å². The van der Waals surface area contributed by atoms with Gasteiger partial charge in [0.15, 0.2) is 0 Å². The maximum absolute atomic E-state index is 13.1. The Hall–Kier alpha value is -1.16. The van der Waals surface area contributed by atoms with Crippen molar-refractivity contribution in [3.05, 3.63) is 29.8 Å². The summed E-state index contributed by atoms with van der Waals surface area (Å²) >= 11 is 5.44. The molecule has 0 aliphatic rings. The van der Waals surface area contributed by atoms with Crippen molar-refractivity contribution in [2.24, 2.45) is 5.92 Å². The number of carbonyl (C=O) groups is 1. The van der Waals surface area contributed by atoms with E-state index < -0.39 is 29.1 Å². The Morgan fingerprint density at radius 2 is 2.00 bits per heavy atom. The molecular formula is C10H10ClF2NO. The van der Waals surface area contributed by atoms with Crippen LogP contribution in [0.25, 0.3) is 0 Å². The average Bonchev–Trinajstić information content (AvgIpc) is 2.22. The van der Waals surface area contributed by atoms with Crippen LogP contribution in [0.4, 0.5) is 14.5 Å². The zero-order valence-corrected chi connectivity index (χ0v) is 8.81. The second kappa shape index (κ2) is 5.07. The Kier molecular flexibility index (Phi) is 4.03. The van der Waals surface area contributed by atoms with Crippen molar-refractivity contribution in [2.45, 2.75) is 6.92 Å². The fourth-order valence-corrected chi connectivity index (χ4v) is 1.07. The summed E-state index contributed by atoms with van der Waals surface area (Å²) in [6.45, 7) is 1.57. The minimum Gasteiger partial charge on any atom is -0.321 e. The average molecular weight is 234 g/mol. The van der Waals surface area contributed by atoms with E-state index in [1.807, 2.05) is 0 Å².